The monoisotopic (exact) mass is 482 g/mol. The van der Waals surface area contributed by atoms with Gasteiger partial charge in [-0.1, -0.05) is 60.7 Å². The van der Waals surface area contributed by atoms with Crippen LogP contribution in [0.4, 0.5) is 0 Å². The smallest absolute Gasteiger partial charge is 0.256 e. The van der Waals surface area contributed by atoms with Gasteiger partial charge in [-0.25, -0.2) is 11.4 Å². The second-order valence-electron chi connectivity index (χ2n) is 9.14. The molecule has 0 bridgehead atoms. The summed E-state index contributed by atoms with van der Waals surface area (Å²) in [5.41, 5.74) is 13.8. The number of amides is 1. The summed E-state index contributed by atoms with van der Waals surface area (Å²) in [6, 6.07) is 24.4. The maximum absolute atomic E-state index is 13.3. The number of hydrogen-bond acceptors (Lipinski definition) is 6. The van der Waals surface area contributed by atoms with Crippen LogP contribution < -0.4 is 17.1 Å². The van der Waals surface area contributed by atoms with Gasteiger partial charge in [0.2, 0.25) is 0 Å². The summed E-state index contributed by atoms with van der Waals surface area (Å²) in [4.78, 5) is 19.8. The Morgan fingerprint density at radius 3 is 2.42 bits per heavy atom. The van der Waals surface area contributed by atoms with Crippen LogP contribution in [0.25, 0.3) is 22.3 Å². The van der Waals surface area contributed by atoms with Crippen molar-refractivity contribution in [2.24, 2.45) is 21.7 Å². The lowest BCUT2D eigenvalue weighted by molar-refractivity contribution is -0.134. The van der Waals surface area contributed by atoms with Gasteiger partial charge in [0.15, 0.2) is 5.84 Å². The van der Waals surface area contributed by atoms with Crippen LogP contribution in [0.5, 0.6) is 0 Å². The highest BCUT2D eigenvalue weighted by Gasteiger charge is 2.47. The normalized spacial score (nSPS) is 17.4. The van der Waals surface area contributed by atoms with Crippen LogP contribution in [0.3, 0.4) is 0 Å². The van der Waals surface area contributed by atoms with E-state index in [1.165, 1.54) is 0 Å². The standard InChI is InChI=1S/C28H30N6O2/c1-19-31-28(13-15-36-16-14-28)27(35)34(19)18-20-7-9-22(10-8-20)25-17-23(21-5-3-2-4-6-21)11-12-24(25)26(29)32-33-30/h2-12,17,33H,13-16,18,30H2,1H3,(H2,29,32). The van der Waals surface area contributed by atoms with E-state index in [0.717, 1.165) is 39.2 Å². The van der Waals surface area contributed by atoms with Crippen molar-refractivity contribution in [3.05, 3.63) is 83.9 Å². The lowest BCUT2D eigenvalue weighted by atomic mass is 9.90. The molecule has 0 aromatic heterocycles. The fourth-order valence-electron chi connectivity index (χ4n) is 4.96. The van der Waals surface area contributed by atoms with Crippen molar-refractivity contribution in [3.8, 4) is 22.3 Å². The molecule has 0 aliphatic carbocycles. The van der Waals surface area contributed by atoms with Crippen LogP contribution in [0, 0.1) is 0 Å². The molecule has 2 aliphatic rings. The summed E-state index contributed by atoms with van der Waals surface area (Å²) in [5, 5.41) is 3.98. The van der Waals surface area contributed by atoms with E-state index in [-0.39, 0.29) is 5.91 Å². The molecule has 5 rings (SSSR count). The van der Waals surface area contributed by atoms with Gasteiger partial charge in [0, 0.05) is 31.6 Å². The minimum atomic E-state index is -0.650. The Labute approximate surface area is 210 Å². The summed E-state index contributed by atoms with van der Waals surface area (Å²) in [7, 11) is 0. The summed E-state index contributed by atoms with van der Waals surface area (Å²) in [5.74, 6) is 6.52. The average molecular weight is 483 g/mol. The largest absolute Gasteiger partial charge is 0.382 e. The molecule has 1 spiro atoms. The van der Waals surface area contributed by atoms with Crippen LogP contribution in [0.15, 0.2) is 82.9 Å². The van der Waals surface area contributed by atoms with E-state index in [4.69, 9.17) is 21.3 Å². The topological polar surface area (TPSA) is 118 Å². The number of nitrogens with two attached hydrogens (primary N) is 2. The van der Waals surface area contributed by atoms with Crippen molar-refractivity contribution >= 4 is 17.6 Å². The molecule has 0 radical (unpaired) electrons. The maximum atomic E-state index is 13.3. The molecule has 3 aromatic carbocycles. The first-order valence-corrected chi connectivity index (χ1v) is 12.0. The second-order valence-corrected chi connectivity index (χ2v) is 9.14. The maximum Gasteiger partial charge on any atom is 0.256 e. The first-order chi connectivity index (χ1) is 17.5. The number of nitrogens with one attached hydrogen (secondary N) is 1. The molecule has 2 heterocycles. The zero-order valence-electron chi connectivity index (χ0n) is 20.3. The van der Waals surface area contributed by atoms with Crippen molar-refractivity contribution in [2.75, 3.05) is 13.2 Å². The van der Waals surface area contributed by atoms with Gasteiger partial charge < -0.3 is 10.5 Å². The summed E-state index contributed by atoms with van der Waals surface area (Å²) >= 11 is 0. The van der Waals surface area contributed by atoms with Crippen molar-refractivity contribution < 1.29 is 9.53 Å². The van der Waals surface area contributed by atoms with Crippen molar-refractivity contribution in [3.63, 3.8) is 0 Å². The number of rotatable bonds is 6. The van der Waals surface area contributed by atoms with Gasteiger partial charge in [0.1, 0.15) is 11.4 Å². The zero-order chi connectivity index (χ0) is 25.1. The van der Waals surface area contributed by atoms with Gasteiger partial charge in [-0.15, -0.1) is 5.10 Å². The molecule has 36 heavy (non-hydrogen) atoms. The Morgan fingerprint density at radius 2 is 1.72 bits per heavy atom. The molecule has 0 atom stereocenters. The Hall–Kier alpha value is -4.01. The molecule has 1 amide bonds. The number of carbonyl (C=O) groups excluding carboxylic acids is 1. The van der Waals surface area contributed by atoms with Crippen LogP contribution in [-0.4, -0.2) is 41.2 Å². The number of nitrogens with zero attached hydrogens (tertiary/aromatic N) is 3. The predicted octanol–water partition coefficient (Wildman–Crippen LogP) is 3.41. The van der Waals surface area contributed by atoms with Gasteiger partial charge in [-0.05, 0) is 46.9 Å². The third-order valence-electron chi connectivity index (χ3n) is 6.92. The molecular formula is C28H30N6O2. The third-order valence-corrected chi connectivity index (χ3v) is 6.92. The van der Waals surface area contributed by atoms with Crippen molar-refractivity contribution in [1.82, 2.24) is 10.4 Å². The molecule has 0 unspecified atom stereocenters. The van der Waals surface area contributed by atoms with E-state index in [0.29, 0.717) is 38.4 Å². The number of amidine groups is 2. The van der Waals surface area contributed by atoms with Crippen LogP contribution >= 0.6 is 0 Å². The minimum Gasteiger partial charge on any atom is -0.382 e. The Balaban J connectivity index is 1.43. The molecule has 8 nitrogen and oxygen atoms in total. The number of ether oxygens (including phenoxy) is 1. The lowest BCUT2D eigenvalue weighted by Gasteiger charge is -2.29. The molecule has 1 fully saturated rings. The Morgan fingerprint density at radius 1 is 1.03 bits per heavy atom. The molecule has 3 aromatic rings. The molecule has 2 aliphatic heterocycles. The highest BCUT2D eigenvalue weighted by Crippen LogP contribution is 2.34. The highest BCUT2D eigenvalue weighted by molar-refractivity contribution is 6.07. The number of hydrogen-bond donors (Lipinski definition) is 3. The zero-order valence-corrected chi connectivity index (χ0v) is 20.3. The van der Waals surface area contributed by atoms with Crippen molar-refractivity contribution in [1.29, 1.82) is 0 Å². The quantitative estimate of drug-likeness (QED) is 0.215. The fraction of sp³-hybridized carbons (Fsp3) is 0.250. The van der Waals surface area contributed by atoms with E-state index in [1.54, 1.807) is 4.90 Å². The van der Waals surface area contributed by atoms with Gasteiger partial charge in [-0.3, -0.25) is 14.7 Å². The van der Waals surface area contributed by atoms with E-state index < -0.39 is 5.54 Å². The van der Waals surface area contributed by atoms with Gasteiger partial charge in [-0.2, -0.15) is 0 Å². The molecule has 184 valence electrons. The number of hydrazone groups is 1. The second kappa shape index (κ2) is 9.93. The predicted molar refractivity (Wildman–Crippen MR) is 142 cm³/mol. The number of aliphatic imine (C=N–C) groups is 1. The minimum absolute atomic E-state index is 0.0727. The SMILES string of the molecule is CC1=NC2(CCOCC2)C(=O)N1Cc1ccc(-c2cc(-c3ccccc3)ccc2/C(N)=N/NN)cc1. The van der Waals surface area contributed by atoms with E-state index >= 15 is 0 Å². The fourth-order valence-corrected chi connectivity index (χ4v) is 4.96. The van der Waals surface area contributed by atoms with E-state index in [9.17, 15) is 4.79 Å². The summed E-state index contributed by atoms with van der Waals surface area (Å²) in [6.07, 6.45) is 1.28. The average Bonchev–Trinajstić information content (AvgIpc) is 3.13. The Bertz CT molecular complexity index is 1310. The van der Waals surface area contributed by atoms with Crippen LogP contribution in [0.2, 0.25) is 0 Å². The highest BCUT2D eigenvalue weighted by atomic mass is 16.5. The first kappa shape index (κ1) is 23.7. The van der Waals surface area contributed by atoms with E-state index in [2.05, 4.69) is 28.8 Å². The molecular weight excluding hydrogens is 452 g/mol. The van der Waals surface area contributed by atoms with Gasteiger partial charge in [0.05, 0.1) is 6.54 Å². The lowest BCUT2D eigenvalue weighted by Crippen LogP contribution is -2.45. The van der Waals surface area contributed by atoms with Gasteiger partial charge in [0.25, 0.3) is 5.91 Å². The molecule has 8 heteroatoms. The third kappa shape index (κ3) is 4.48. The summed E-state index contributed by atoms with van der Waals surface area (Å²) in [6.45, 7) is 3.53. The van der Waals surface area contributed by atoms with Crippen LogP contribution in [-0.2, 0) is 16.1 Å². The number of benzene rings is 3. The molecule has 5 N–H and O–H groups in total. The Kier molecular flexibility index (Phi) is 6.54. The van der Waals surface area contributed by atoms with Crippen LogP contribution in [0.1, 0.15) is 30.9 Å². The van der Waals surface area contributed by atoms with Gasteiger partial charge >= 0.3 is 0 Å². The van der Waals surface area contributed by atoms with E-state index in [1.807, 2.05) is 61.5 Å². The molecule has 0 saturated carbocycles. The summed E-state index contributed by atoms with van der Waals surface area (Å²) < 4.78 is 5.46. The number of hydrazine groups is 1. The molecule has 1 saturated heterocycles. The van der Waals surface area contributed by atoms with Crippen molar-refractivity contribution in [2.45, 2.75) is 31.8 Å². The first-order valence-electron chi connectivity index (χ1n) is 12.0. The number of carbonyl (C=O) groups is 1.